The van der Waals surface area contributed by atoms with Crippen molar-refractivity contribution in [3.8, 4) is 44.5 Å². The normalized spacial score (nSPS) is 13.0. The zero-order chi connectivity index (χ0) is 29.7. The minimum absolute atomic E-state index is 0.0950. The summed E-state index contributed by atoms with van der Waals surface area (Å²) in [7, 11) is 0. The lowest BCUT2D eigenvalue weighted by molar-refractivity contribution is 0.661. The first-order valence-corrected chi connectivity index (χ1v) is 15.3. The van der Waals surface area contributed by atoms with E-state index in [1.807, 2.05) is 0 Å². The van der Waals surface area contributed by atoms with Crippen LogP contribution in [0.25, 0.3) is 55.3 Å². The van der Waals surface area contributed by atoms with Gasteiger partial charge in [-0.05, 0) is 96.7 Å². The van der Waals surface area contributed by atoms with Gasteiger partial charge in [0.05, 0.1) is 0 Å². The van der Waals surface area contributed by atoms with Crippen LogP contribution in [-0.2, 0) is 5.41 Å². The van der Waals surface area contributed by atoms with E-state index in [1.165, 1.54) is 66.4 Å². The highest BCUT2D eigenvalue weighted by Gasteiger charge is 2.35. The Morgan fingerprint density at radius 1 is 0.364 bits per heavy atom. The quantitative estimate of drug-likeness (QED) is 0.220. The molecule has 1 nitrogen and oxygen atoms in total. The van der Waals surface area contributed by atoms with E-state index in [-0.39, 0.29) is 5.41 Å². The lowest BCUT2D eigenvalue weighted by atomic mass is 9.81. The molecule has 0 saturated carbocycles. The monoisotopic (exact) mass is 563 g/mol. The molecule has 8 rings (SSSR count). The number of nitrogens with one attached hydrogen (secondary N) is 1. The Morgan fingerprint density at radius 2 is 0.818 bits per heavy atom. The second-order valence-corrected chi connectivity index (χ2v) is 12.4. The summed E-state index contributed by atoms with van der Waals surface area (Å²) in [6.45, 7) is 4.70. The number of hydrogen-bond acceptors (Lipinski definition) is 1. The van der Waals surface area contributed by atoms with Gasteiger partial charge in [0.25, 0.3) is 0 Å². The maximum absolute atomic E-state index is 3.66. The van der Waals surface area contributed by atoms with Gasteiger partial charge >= 0.3 is 0 Å². The van der Waals surface area contributed by atoms with Crippen LogP contribution in [0.1, 0.15) is 25.0 Å². The van der Waals surface area contributed by atoms with Crippen molar-refractivity contribution in [3.05, 3.63) is 169 Å². The molecule has 7 aromatic rings. The Bertz CT molecular complexity index is 2140. The molecule has 7 aromatic carbocycles. The molecule has 1 aliphatic rings. The van der Waals surface area contributed by atoms with E-state index in [4.69, 9.17) is 0 Å². The fraction of sp³-hybridized carbons (Fsp3) is 0.0698. The largest absolute Gasteiger partial charge is 0.355 e. The summed E-state index contributed by atoms with van der Waals surface area (Å²) < 4.78 is 0. The molecule has 0 saturated heterocycles. The minimum atomic E-state index is -0.0950. The van der Waals surface area contributed by atoms with Gasteiger partial charge in [-0.15, -0.1) is 0 Å². The summed E-state index contributed by atoms with van der Waals surface area (Å²) >= 11 is 0. The van der Waals surface area contributed by atoms with Crippen molar-refractivity contribution in [1.29, 1.82) is 0 Å². The summed E-state index contributed by atoms with van der Waals surface area (Å²) in [6.07, 6.45) is 0. The summed E-state index contributed by atoms with van der Waals surface area (Å²) in [5.74, 6) is 0. The van der Waals surface area contributed by atoms with Crippen LogP contribution in [0.3, 0.4) is 0 Å². The fourth-order valence-electron chi connectivity index (χ4n) is 6.77. The van der Waals surface area contributed by atoms with E-state index < -0.39 is 0 Å². The maximum atomic E-state index is 3.66. The highest BCUT2D eigenvalue weighted by atomic mass is 14.9. The molecule has 0 unspecified atom stereocenters. The van der Waals surface area contributed by atoms with E-state index in [9.17, 15) is 0 Å². The van der Waals surface area contributed by atoms with Crippen molar-refractivity contribution in [3.63, 3.8) is 0 Å². The topological polar surface area (TPSA) is 12.0 Å². The van der Waals surface area contributed by atoms with Crippen LogP contribution in [0, 0.1) is 0 Å². The second-order valence-electron chi connectivity index (χ2n) is 12.4. The zero-order valence-electron chi connectivity index (χ0n) is 25.0. The number of anilines is 2. The third kappa shape index (κ3) is 4.58. The lowest BCUT2D eigenvalue weighted by Gasteiger charge is -2.23. The molecule has 210 valence electrons. The standard InChI is InChI=1S/C43H33N/c1-43(2)41-27-36(34-18-16-33(17-19-34)32-14-12-31(13-15-32)29-8-4-3-5-9-29)21-24-39(41)40-25-23-38(28-42(40)43)44-37-22-20-30-10-6-7-11-35(30)26-37/h3-28,44H,1-2H3. The molecule has 1 N–H and O–H groups in total. The minimum Gasteiger partial charge on any atom is -0.355 e. The van der Waals surface area contributed by atoms with E-state index in [2.05, 4.69) is 177 Å². The van der Waals surface area contributed by atoms with Gasteiger partial charge in [0.2, 0.25) is 0 Å². The molecule has 0 atom stereocenters. The van der Waals surface area contributed by atoms with Gasteiger partial charge in [-0.3, -0.25) is 0 Å². The van der Waals surface area contributed by atoms with Crippen LogP contribution in [-0.4, -0.2) is 0 Å². The Kier molecular flexibility index (Phi) is 6.20. The van der Waals surface area contributed by atoms with Gasteiger partial charge < -0.3 is 5.32 Å². The third-order valence-electron chi connectivity index (χ3n) is 9.26. The molecule has 0 amide bonds. The van der Waals surface area contributed by atoms with Crippen molar-refractivity contribution in [2.45, 2.75) is 19.3 Å². The first kappa shape index (κ1) is 26.2. The van der Waals surface area contributed by atoms with Crippen molar-refractivity contribution < 1.29 is 0 Å². The van der Waals surface area contributed by atoms with E-state index >= 15 is 0 Å². The van der Waals surface area contributed by atoms with Gasteiger partial charge in [0.15, 0.2) is 0 Å². The molecule has 1 aliphatic carbocycles. The van der Waals surface area contributed by atoms with Gasteiger partial charge in [0, 0.05) is 16.8 Å². The highest BCUT2D eigenvalue weighted by Crippen LogP contribution is 2.50. The van der Waals surface area contributed by atoms with E-state index in [1.54, 1.807) is 0 Å². The maximum Gasteiger partial charge on any atom is 0.0390 e. The predicted octanol–water partition coefficient (Wildman–Crippen LogP) is 11.9. The predicted molar refractivity (Wildman–Crippen MR) is 188 cm³/mol. The van der Waals surface area contributed by atoms with Crippen LogP contribution < -0.4 is 5.32 Å². The van der Waals surface area contributed by atoms with E-state index in [0.29, 0.717) is 0 Å². The number of benzene rings is 7. The van der Waals surface area contributed by atoms with Crippen molar-refractivity contribution in [1.82, 2.24) is 0 Å². The average Bonchev–Trinajstić information content (AvgIpc) is 3.30. The number of rotatable bonds is 5. The Balaban J connectivity index is 1.05. The third-order valence-corrected chi connectivity index (χ3v) is 9.26. The number of hydrogen-bond donors (Lipinski definition) is 1. The smallest absolute Gasteiger partial charge is 0.0390 e. The molecule has 0 aromatic heterocycles. The molecule has 0 spiro atoms. The Labute approximate surface area is 259 Å². The SMILES string of the molecule is CC1(C)c2cc(Nc3ccc4ccccc4c3)ccc2-c2ccc(-c3ccc(-c4ccc(-c5ccccc5)cc4)cc3)cc21. The summed E-state index contributed by atoms with van der Waals surface area (Å²) in [4.78, 5) is 0. The highest BCUT2D eigenvalue weighted by molar-refractivity contribution is 5.88. The molecule has 0 radical (unpaired) electrons. The first-order chi connectivity index (χ1) is 21.5. The number of fused-ring (bicyclic) bond motifs is 4. The van der Waals surface area contributed by atoms with Crippen LogP contribution in [0.15, 0.2) is 158 Å². The summed E-state index contributed by atoms with van der Waals surface area (Å²) in [5, 5.41) is 6.16. The van der Waals surface area contributed by atoms with Gasteiger partial charge in [0.1, 0.15) is 0 Å². The molecule has 0 fully saturated rings. The molecule has 1 heteroatoms. The Morgan fingerprint density at radius 3 is 1.48 bits per heavy atom. The van der Waals surface area contributed by atoms with Crippen LogP contribution in [0.4, 0.5) is 11.4 Å². The first-order valence-electron chi connectivity index (χ1n) is 15.3. The summed E-state index contributed by atoms with van der Waals surface area (Å²) in [6, 6.07) is 57.2. The second kappa shape index (κ2) is 10.4. The fourth-order valence-corrected chi connectivity index (χ4v) is 6.77. The average molecular weight is 564 g/mol. The molecular formula is C43H33N. The Hall–Kier alpha value is -5.40. The molecular weight excluding hydrogens is 530 g/mol. The lowest BCUT2D eigenvalue weighted by Crippen LogP contribution is -2.15. The van der Waals surface area contributed by atoms with Crippen molar-refractivity contribution >= 4 is 22.1 Å². The van der Waals surface area contributed by atoms with Gasteiger partial charge in [-0.1, -0.05) is 141 Å². The molecule has 0 heterocycles. The molecule has 44 heavy (non-hydrogen) atoms. The van der Waals surface area contributed by atoms with E-state index in [0.717, 1.165) is 11.4 Å². The van der Waals surface area contributed by atoms with Crippen molar-refractivity contribution in [2.24, 2.45) is 0 Å². The van der Waals surface area contributed by atoms with Crippen molar-refractivity contribution in [2.75, 3.05) is 5.32 Å². The van der Waals surface area contributed by atoms with Gasteiger partial charge in [-0.25, -0.2) is 0 Å². The van der Waals surface area contributed by atoms with Gasteiger partial charge in [-0.2, -0.15) is 0 Å². The molecule has 0 aliphatic heterocycles. The summed E-state index contributed by atoms with van der Waals surface area (Å²) in [5.41, 5.74) is 15.0. The molecule has 0 bridgehead atoms. The van der Waals surface area contributed by atoms with Crippen LogP contribution >= 0.6 is 0 Å². The zero-order valence-corrected chi connectivity index (χ0v) is 25.0. The van der Waals surface area contributed by atoms with Crippen LogP contribution in [0.5, 0.6) is 0 Å². The van der Waals surface area contributed by atoms with Crippen LogP contribution in [0.2, 0.25) is 0 Å².